The van der Waals surface area contributed by atoms with Crippen molar-refractivity contribution >= 4 is 23.4 Å². The first kappa shape index (κ1) is 14.4. The average molecular weight is 287 g/mol. The summed E-state index contributed by atoms with van der Waals surface area (Å²) in [6.45, 7) is 0. The Morgan fingerprint density at radius 1 is 1.19 bits per heavy atom. The molecule has 7 heteroatoms. The number of rotatable bonds is 4. The van der Waals surface area contributed by atoms with Crippen molar-refractivity contribution < 1.29 is 19.4 Å². The summed E-state index contributed by atoms with van der Waals surface area (Å²) in [5.74, 6) is -1.11. The Labute approximate surface area is 120 Å². The maximum absolute atomic E-state index is 11.4. The smallest absolute Gasteiger partial charge is 0.358 e. The second kappa shape index (κ2) is 6.00. The summed E-state index contributed by atoms with van der Waals surface area (Å²) >= 11 is 0. The molecule has 7 nitrogen and oxygen atoms in total. The zero-order valence-electron chi connectivity index (χ0n) is 11.5. The molecule has 0 fully saturated rings. The van der Waals surface area contributed by atoms with Crippen molar-refractivity contribution in [2.24, 2.45) is 0 Å². The van der Waals surface area contributed by atoms with Gasteiger partial charge in [0.15, 0.2) is 11.5 Å². The van der Waals surface area contributed by atoms with E-state index in [4.69, 9.17) is 5.11 Å². The fourth-order valence-corrected chi connectivity index (χ4v) is 1.68. The molecule has 0 atom stereocenters. The molecule has 0 aliphatic rings. The van der Waals surface area contributed by atoms with E-state index in [9.17, 15) is 9.59 Å². The summed E-state index contributed by atoms with van der Waals surface area (Å²) in [5, 5.41) is 8.87. The van der Waals surface area contributed by atoms with Crippen LogP contribution in [0.15, 0.2) is 36.7 Å². The molecule has 0 aliphatic heterocycles. The first-order chi connectivity index (χ1) is 10.0. The molecular weight excluding hydrogens is 274 g/mol. The molecule has 1 aromatic heterocycles. The largest absolute Gasteiger partial charge is 0.478 e. The summed E-state index contributed by atoms with van der Waals surface area (Å²) in [6, 6.07) is 6.28. The van der Waals surface area contributed by atoms with E-state index in [2.05, 4.69) is 14.7 Å². The van der Waals surface area contributed by atoms with Crippen LogP contribution in [0, 0.1) is 0 Å². The molecule has 108 valence electrons. The zero-order valence-corrected chi connectivity index (χ0v) is 11.5. The van der Waals surface area contributed by atoms with E-state index in [1.54, 1.807) is 24.1 Å². The van der Waals surface area contributed by atoms with Crippen molar-refractivity contribution in [2.45, 2.75) is 0 Å². The van der Waals surface area contributed by atoms with Crippen LogP contribution in [0.25, 0.3) is 0 Å². The lowest BCUT2D eigenvalue weighted by Crippen LogP contribution is -2.14. The number of aromatic nitrogens is 2. The Morgan fingerprint density at radius 3 is 2.43 bits per heavy atom. The van der Waals surface area contributed by atoms with Crippen LogP contribution in [-0.4, -0.2) is 41.2 Å². The number of nitrogens with zero attached hydrogens (tertiary/aromatic N) is 3. The molecule has 0 amide bonds. The van der Waals surface area contributed by atoms with Crippen LogP contribution in [0.3, 0.4) is 0 Å². The molecule has 0 spiro atoms. The van der Waals surface area contributed by atoms with Crippen molar-refractivity contribution in [3.8, 4) is 0 Å². The number of methoxy groups -OCH3 is 1. The first-order valence-electron chi connectivity index (χ1n) is 6.00. The Morgan fingerprint density at radius 2 is 1.86 bits per heavy atom. The third-order valence-corrected chi connectivity index (χ3v) is 2.86. The van der Waals surface area contributed by atoms with Crippen molar-refractivity contribution in [1.82, 2.24) is 9.97 Å². The van der Waals surface area contributed by atoms with Crippen LogP contribution in [0.4, 0.5) is 11.5 Å². The number of carboxylic acids is 1. The SMILES string of the molecule is COC(=O)c1cncc(N(C)c2ccc(C(=O)O)cc2)n1. The lowest BCUT2D eigenvalue weighted by atomic mass is 10.2. The van der Waals surface area contributed by atoms with E-state index in [0.717, 1.165) is 5.69 Å². The lowest BCUT2D eigenvalue weighted by Gasteiger charge is -2.18. The van der Waals surface area contributed by atoms with Crippen LogP contribution in [0.5, 0.6) is 0 Å². The molecular formula is C14H13N3O4. The number of benzene rings is 1. The molecule has 2 rings (SSSR count). The van der Waals surface area contributed by atoms with Crippen LogP contribution >= 0.6 is 0 Å². The van der Waals surface area contributed by atoms with Gasteiger partial charge in [0.1, 0.15) is 0 Å². The number of hydrogen-bond donors (Lipinski definition) is 1. The minimum Gasteiger partial charge on any atom is -0.478 e. The van der Waals surface area contributed by atoms with Gasteiger partial charge in [0, 0.05) is 12.7 Å². The number of ether oxygens (including phenoxy) is 1. The summed E-state index contributed by atoms with van der Waals surface area (Å²) in [4.78, 5) is 32.0. The molecule has 0 saturated heterocycles. The topological polar surface area (TPSA) is 92.6 Å². The average Bonchev–Trinajstić information content (AvgIpc) is 2.53. The lowest BCUT2D eigenvalue weighted by molar-refractivity contribution is 0.0592. The number of carbonyl (C=O) groups excluding carboxylic acids is 1. The highest BCUT2D eigenvalue weighted by Gasteiger charge is 2.12. The van der Waals surface area contributed by atoms with Gasteiger partial charge in [-0.05, 0) is 24.3 Å². The van der Waals surface area contributed by atoms with E-state index in [1.807, 2.05) is 0 Å². The highest BCUT2D eigenvalue weighted by Crippen LogP contribution is 2.21. The second-order valence-electron chi connectivity index (χ2n) is 4.17. The molecule has 1 aromatic carbocycles. The highest BCUT2D eigenvalue weighted by atomic mass is 16.5. The molecule has 1 heterocycles. The van der Waals surface area contributed by atoms with E-state index >= 15 is 0 Å². The van der Waals surface area contributed by atoms with Gasteiger partial charge in [-0.1, -0.05) is 0 Å². The van der Waals surface area contributed by atoms with Crippen molar-refractivity contribution in [3.63, 3.8) is 0 Å². The van der Waals surface area contributed by atoms with Crippen LogP contribution in [0.1, 0.15) is 20.8 Å². The predicted octanol–water partition coefficient (Wildman–Crippen LogP) is 1.73. The second-order valence-corrected chi connectivity index (χ2v) is 4.17. The van der Waals surface area contributed by atoms with Crippen LogP contribution in [-0.2, 0) is 4.74 Å². The third kappa shape index (κ3) is 3.14. The zero-order chi connectivity index (χ0) is 15.4. The molecule has 0 bridgehead atoms. The summed E-state index contributed by atoms with van der Waals surface area (Å²) < 4.78 is 4.59. The molecule has 2 aromatic rings. The van der Waals surface area contributed by atoms with Gasteiger partial charge in [0.25, 0.3) is 0 Å². The van der Waals surface area contributed by atoms with E-state index < -0.39 is 11.9 Å². The van der Waals surface area contributed by atoms with Crippen LogP contribution < -0.4 is 4.90 Å². The van der Waals surface area contributed by atoms with Gasteiger partial charge in [-0.3, -0.25) is 4.98 Å². The predicted molar refractivity (Wildman–Crippen MR) is 74.8 cm³/mol. The van der Waals surface area contributed by atoms with Gasteiger partial charge >= 0.3 is 11.9 Å². The quantitative estimate of drug-likeness (QED) is 0.856. The Bertz CT molecular complexity index is 670. The normalized spacial score (nSPS) is 10.0. The van der Waals surface area contributed by atoms with Gasteiger partial charge in [-0.25, -0.2) is 14.6 Å². The number of hydrogen-bond acceptors (Lipinski definition) is 6. The number of carboxylic acid groups (broad SMARTS) is 1. The van der Waals surface area contributed by atoms with E-state index in [1.165, 1.54) is 31.6 Å². The van der Waals surface area contributed by atoms with Crippen LogP contribution in [0.2, 0.25) is 0 Å². The van der Waals surface area contributed by atoms with Gasteiger partial charge in [-0.15, -0.1) is 0 Å². The number of anilines is 2. The third-order valence-electron chi connectivity index (χ3n) is 2.86. The first-order valence-corrected chi connectivity index (χ1v) is 6.00. The maximum atomic E-state index is 11.4. The fourth-order valence-electron chi connectivity index (χ4n) is 1.68. The van der Waals surface area contributed by atoms with Gasteiger partial charge in [0.2, 0.25) is 0 Å². The van der Waals surface area contributed by atoms with Crippen molar-refractivity contribution in [2.75, 3.05) is 19.1 Å². The molecule has 0 radical (unpaired) electrons. The standard InChI is InChI=1S/C14H13N3O4/c1-17(10-5-3-9(4-6-10)13(18)19)12-8-15-7-11(16-12)14(20)21-2/h3-8H,1-2H3,(H,18,19). The fraction of sp³-hybridized carbons (Fsp3) is 0.143. The summed E-state index contributed by atoms with van der Waals surface area (Å²) in [6.07, 6.45) is 2.81. The summed E-state index contributed by atoms with van der Waals surface area (Å²) in [5.41, 5.74) is 1.02. The molecule has 0 unspecified atom stereocenters. The van der Waals surface area contributed by atoms with Crippen molar-refractivity contribution in [1.29, 1.82) is 0 Å². The molecule has 0 aliphatic carbocycles. The minimum absolute atomic E-state index is 0.101. The summed E-state index contributed by atoms with van der Waals surface area (Å²) in [7, 11) is 3.01. The Hall–Kier alpha value is -2.96. The van der Waals surface area contributed by atoms with Gasteiger partial charge < -0.3 is 14.7 Å². The van der Waals surface area contributed by atoms with Gasteiger partial charge in [-0.2, -0.15) is 0 Å². The Kier molecular flexibility index (Phi) is 4.13. The van der Waals surface area contributed by atoms with Gasteiger partial charge in [0.05, 0.1) is 25.1 Å². The minimum atomic E-state index is -0.989. The monoisotopic (exact) mass is 287 g/mol. The molecule has 1 N–H and O–H groups in total. The van der Waals surface area contributed by atoms with E-state index in [-0.39, 0.29) is 11.3 Å². The van der Waals surface area contributed by atoms with Crippen molar-refractivity contribution in [3.05, 3.63) is 47.9 Å². The molecule has 0 saturated carbocycles. The van der Waals surface area contributed by atoms with E-state index in [0.29, 0.717) is 5.82 Å². The maximum Gasteiger partial charge on any atom is 0.358 e. The number of aromatic carboxylic acids is 1. The highest BCUT2D eigenvalue weighted by molar-refractivity contribution is 5.88. The molecule has 21 heavy (non-hydrogen) atoms. The number of esters is 1. The number of carbonyl (C=O) groups is 2. The Balaban J connectivity index is 2.29.